The van der Waals surface area contributed by atoms with E-state index in [2.05, 4.69) is 15.3 Å². The number of benzene rings is 1. The van der Waals surface area contributed by atoms with Gasteiger partial charge in [0.1, 0.15) is 11.4 Å². The maximum atomic E-state index is 12.0. The summed E-state index contributed by atoms with van der Waals surface area (Å²) in [6, 6.07) is 2.48. The molecule has 1 N–H and O–H groups in total. The quantitative estimate of drug-likeness (QED) is 0.659. The lowest BCUT2D eigenvalue weighted by atomic mass is 10.2. The number of carbonyl (C=O) groups is 1. The Labute approximate surface area is 125 Å². The van der Waals surface area contributed by atoms with E-state index in [1.165, 1.54) is 44.9 Å². The fourth-order valence-corrected chi connectivity index (χ4v) is 1.72. The molecular weight excluding hydrogens is 292 g/mol. The molecule has 1 heterocycles. The largest absolute Gasteiger partial charge is 0.493 e. The molecule has 9 nitrogen and oxygen atoms in total. The number of ether oxygens (including phenoxy) is 2. The van der Waals surface area contributed by atoms with Crippen LogP contribution in [0.25, 0.3) is 0 Å². The van der Waals surface area contributed by atoms with Crippen LogP contribution in [0.2, 0.25) is 0 Å². The highest BCUT2D eigenvalue weighted by Crippen LogP contribution is 2.37. The minimum Gasteiger partial charge on any atom is -0.493 e. The number of nitrogens with zero attached hydrogens (tertiary/aromatic N) is 3. The van der Waals surface area contributed by atoms with Crippen LogP contribution in [0.5, 0.6) is 11.5 Å². The van der Waals surface area contributed by atoms with Crippen LogP contribution in [0.15, 0.2) is 30.7 Å². The highest BCUT2D eigenvalue weighted by Gasteiger charge is 2.21. The normalized spacial score (nSPS) is 9.91. The third-order valence-electron chi connectivity index (χ3n) is 2.74. The van der Waals surface area contributed by atoms with E-state index in [1.807, 2.05) is 0 Å². The lowest BCUT2D eigenvalue weighted by Gasteiger charge is -2.11. The first-order valence-corrected chi connectivity index (χ1v) is 6.04. The molecule has 22 heavy (non-hydrogen) atoms. The summed E-state index contributed by atoms with van der Waals surface area (Å²) >= 11 is 0. The van der Waals surface area contributed by atoms with Crippen molar-refractivity contribution in [3.05, 3.63) is 46.5 Å². The fourth-order valence-electron chi connectivity index (χ4n) is 1.72. The summed E-state index contributed by atoms with van der Waals surface area (Å²) in [6.45, 7) is 0. The van der Waals surface area contributed by atoms with Crippen molar-refractivity contribution < 1.29 is 19.2 Å². The number of anilines is 1. The van der Waals surface area contributed by atoms with Gasteiger partial charge in [-0.05, 0) is 0 Å². The summed E-state index contributed by atoms with van der Waals surface area (Å²) in [5.74, 6) is -0.183. The Hall–Kier alpha value is -3.23. The second kappa shape index (κ2) is 6.48. The van der Waals surface area contributed by atoms with E-state index in [4.69, 9.17) is 9.47 Å². The number of aromatic nitrogens is 2. The molecule has 0 bridgehead atoms. The first kappa shape index (κ1) is 15.2. The van der Waals surface area contributed by atoms with Crippen LogP contribution >= 0.6 is 0 Å². The second-order valence-electron chi connectivity index (χ2n) is 4.03. The minimum atomic E-state index is -0.631. The van der Waals surface area contributed by atoms with Gasteiger partial charge in [0.25, 0.3) is 11.6 Å². The van der Waals surface area contributed by atoms with Gasteiger partial charge in [0, 0.05) is 18.5 Å². The molecule has 9 heteroatoms. The maximum absolute atomic E-state index is 12.0. The molecule has 0 atom stereocenters. The zero-order chi connectivity index (χ0) is 16.1. The molecule has 0 fully saturated rings. The number of nitro benzene ring substituents is 1. The first-order valence-electron chi connectivity index (χ1n) is 6.04. The summed E-state index contributed by atoms with van der Waals surface area (Å²) in [5.41, 5.74) is -0.320. The predicted octanol–water partition coefficient (Wildman–Crippen LogP) is 1.65. The minimum absolute atomic E-state index is 0.0293. The molecule has 0 saturated carbocycles. The number of hydrogen-bond acceptors (Lipinski definition) is 7. The number of amides is 1. The van der Waals surface area contributed by atoms with Gasteiger partial charge < -0.3 is 14.8 Å². The summed E-state index contributed by atoms with van der Waals surface area (Å²) in [7, 11) is 2.75. The van der Waals surface area contributed by atoms with Gasteiger partial charge >= 0.3 is 0 Å². The molecule has 1 aromatic carbocycles. The third kappa shape index (κ3) is 3.08. The monoisotopic (exact) mass is 304 g/mol. The van der Waals surface area contributed by atoms with Gasteiger partial charge in [-0.25, -0.2) is 4.98 Å². The molecule has 0 unspecified atom stereocenters. The first-order chi connectivity index (χ1) is 10.6. The molecule has 0 aliphatic heterocycles. The number of nitro groups is 1. The summed E-state index contributed by atoms with van der Waals surface area (Å²) in [4.78, 5) is 30.1. The summed E-state index contributed by atoms with van der Waals surface area (Å²) in [6.07, 6.45) is 4.01. The Bertz CT molecular complexity index is 705. The Morgan fingerprint density at radius 1 is 1.23 bits per heavy atom. The van der Waals surface area contributed by atoms with E-state index in [-0.39, 0.29) is 28.6 Å². The fraction of sp³-hybridized carbons (Fsp3) is 0.154. The number of rotatable bonds is 5. The highest BCUT2D eigenvalue weighted by atomic mass is 16.6. The van der Waals surface area contributed by atoms with Gasteiger partial charge in [0.2, 0.25) is 0 Å². The van der Waals surface area contributed by atoms with Crippen LogP contribution in [-0.2, 0) is 0 Å². The van der Waals surface area contributed by atoms with Crippen molar-refractivity contribution in [2.24, 2.45) is 0 Å². The lowest BCUT2D eigenvalue weighted by Crippen LogP contribution is -2.15. The average Bonchev–Trinajstić information content (AvgIpc) is 2.54. The molecule has 1 amide bonds. The highest BCUT2D eigenvalue weighted by molar-refractivity contribution is 6.04. The Balaban J connectivity index is 2.41. The SMILES string of the molecule is COc1cc(NC(=O)c2cnccn2)c([N+](=O)[O-])cc1OC. The van der Waals surface area contributed by atoms with Crippen molar-refractivity contribution in [2.45, 2.75) is 0 Å². The molecule has 0 aliphatic rings. The zero-order valence-electron chi connectivity index (χ0n) is 11.8. The molecule has 2 rings (SSSR count). The van der Waals surface area contributed by atoms with Crippen LogP contribution < -0.4 is 14.8 Å². The van der Waals surface area contributed by atoms with Gasteiger partial charge in [0.05, 0.1) is 31.4 Å². The summed E-state index contributed by atoms with van der Waals surface area (Å²) in [5, 5.41) is 13.6. The number of nitrogens with one attached hydrogen (secondary N) is 1. The Kier molecular flexibility index (Phi) is 4.47. The smallest absolute Gasteiger partial charge is 0.296 e. The van der Waals surface area contributed by atoms with E-state index < -0.39 is 10.8 Å². The van der Waals surface area contributed by atoms with Crippen molar-refractivity contribution in [1.29, 1.82) is 0 Å². The van der Waals surface area contributed by atoms with E-state index in [0.29, 0.717) is 0 Å². The topological polar surface area (TPSA) is 116 Å². The van der Waals surface area contributed by atoms with Crippen LogP contribution in [0, 0.1) is 10.1 Å². The van der Waals surface area contributed by atoms with Crippen molar-refractivity contribution in [3.63, 3.8) is 0 Å². The van der Waals surface area contributed by atoms with Crippen molar-refractivity contribution in [2.75, 3.05) is 19.5 Å². The molecule has 0 spiro atoms. The number of methoxy groups -OCH3 is 2. The molecule has 1 aromatic heterocycles. The van der Waals surface area contributed by atoms with Gasteiger partial charge in [-0.15, -0.1) is 0 Å². The van der Waals surface area contributed by atoms with E-state index in [9.17, 15) is 14.9 Å². The standard InChI is InChI=1S/C13H12N4O5/c1-21-11-5-8(10(17(19)20)6-12(11)22-2)16-13(18)9-7-14-3-4-15-9/h3-7H,1-2H3,(H,16,18). The van der Waals surface area contributed by atoms with E-state index in [1.54, 1.807) is 0 Å². The Morgan fingerprint density at radius 2 is 1.91 bits per heavy atom. The van der Waals surface area contributed by atoms with Gasteiger partial charge in [-0.2, -0.15) is 0 Å². The molecule has 0 saturated heterocycles. The van der Waals surface area contributed by atoms with E-state index >= 15 is 0 Å². The van der Waals surface area contributed by atoms with Crippen LogP contribution in [0.3, 0.4) is 0 Å². The van der Waals surface area contributed by atoms with Gasteiger partial charge in [-0.1, -0.05) is 0 Å². The molecule has 0 radical (unpaired) electrons. The zero-order valence-corrected chi connectivity index (χ0v) is 11.8. The van der Waals surface area contributed by atoms with Crippen molar-refractivity contribution in [1.82, 2.24) is 9.97 Å². The van der Waals surface area contributed by atoms with E-state index in [0.717, 1.165) is 0 Å². The third-order valence-corrected chi connectivity index (χ3v) is 2.74. The Morgan fingerprint density at radius 3 is 2.45 bits per heavy atom. The van der Waals surface area contributed by atoms with Crippen molar-refractivity contribution >= 4 is 17.3 Å². The van der Waals surface area contributed by atoms with Gasteiger partial charge in [0.15, 0.2) is 11.5 Å². The summed E-state index contributed by atoms with van der Waals surface area (Å²) < 4.78 is 10.1. The predicted molar refractivity (Wildman–Crippen MR) is 76.2 cm³/mol. The molecule has 114 valence electrons. The average molecular weight is 304 g/mol. The van der Waals surface area contributed by atoms with Gasteiger partial charge in [-0.3, -0.25) is 19.9 Å². The van der Waals surface area contributed by atoms with Crippen molar-refractivity contribution in [3.8, 4) is 11.5 Å². The van der Waals surface area contributed by atoms with Crippen LogP contribution in [-0.4, -0.2) is 35.0 Å². The molecule has 2 aromatic rings. The number of carbonyl (C=O) groups excluding carboxylic acids is 1. The molecular formula is C13H12N4O5. The maximum Gasteiger partial charge on any atom is 0.296 e. The lowest BCUT2D eigenvalue weighted by molar-refractivity contribution is -0.384. The van der Waals surface area contributed by atoms with Crippen LogP contribution in [0.4, 0.5) is 11.4 Å². The molecule has 0 aliphatic carbocycles. The number of hydrogen-bond donors (Lipinski definition) is 1. The van der Waals surface area contributed by atoms with Crippen LogP contribution in [0.1, 0.15) is 10.5 Å². The second-order valence-corrected chi connectivity index (χ2v) is 4.03.